The van der Waals surface area contributed by atoms with Crippen LogP contribution in [0.1, 0.15) is 18.3 Å². The zero-order valence-corrected chi connectivity index (χ0v) is 30.5. The molecular formula is C51H35N5. The van der Waals surface area contributed by atoms with E-state index in [-0.39, 0.29) is 6.04 Å². The zero-order valence-electron chi connectivity index (χ0n) is 30.5. The van der Waals surface area contributed by atoms with Crippen molar-refractivity contribution in [2.45, 2.75) is 12.5 Å². The van der Waals surface area contributed by atoms with E-state index in [2.05, 4.69) is 179 Å². The molecule has 3 heterocycles. The van der Waals surface area contributed by atoms with Crippen LogP contribution in [0.25, 0.3) is 88.8 Å². The van der Waals surface area contributed by atoms with Crippen LogP contribution in [0.15, 0.2) is 194 Å². The first-order valence-corrected chi connectivity index (χ1v) is 19.1. The first-order chi connectivity index (χ1) is 27.8. The standard InChI is InChI=1S/C51H35N5/c1-3-16-34(17-4-1)36-20-15-21-37(30-36)50-52-49(35-18-5-2-6-19-35)53-51(54-50)38-31-39(55-45-26-11-7-22-41(45)42-23-8-12-27-46(42)55)33-40(32-38)56-47-28-13-9-24-43(47)44-25-10-14-29-48(44)56/h1-31,33,40H,32H2. The lowest BCUT2D eigenvalue weighted by molar-refractivity contribution is 0.653. The minimum absolute atomic E-state index is 0.0310. The smallest absolute Gasteiger partial charge is 0.164 e. The molecule has 1 aliphatic carbocycles. The van der Waals surface area contributed by atoms with Gasteiger partial charge in [-0.1, -0.05) is 152 Å². The van der Waals surface area contributed by atoms with Crippen LogP contribution in [-0.2, 0) is 0 Å². The molecule has 1 unspecified atom stereocenters. The second-order valence-corrected chi connectivity index (χ2v) is 14.4. The highest BCUT2D eigenvalue weighted by Gasteiger charge is 2.26. The lowest BCUT2D eigenvalue weighted by atomic mass is 9.96. The van der Waals surface area contributed by atoms with E-state index in [1.165, 1.54) is 32.6 Å². The van der Waals surface area contributed by atoms with Crippen LogP contribution >= 0.6 is 0 Å². The van der Waals surface area contributed by atoms with Crippen LogP contribution in [-0.4, -0.2) is 24.1 Å². The van der Waals surface area contributed by atoms with Crippen molar-refractivity contribution in [1.29, 1.82) is 0 Å². The summed E-state index contributed by atoms with van der Waals surface area (Å²) in [5.41, 5.74) is 11.0. The van der Waals surface area contributed by atoms with Crippen molar-refractivity contribution >= 4 is 54.9 Å². The highest BCUT2D eigenvalue weighted by Crippen LogP contribution is 2.42. The van der Waals surface area contributed by atoms with Gasteiger partial charge in [0.15, 0.2) is 17.5 Å². The largest absolute Gasteiger partial charge is 0.333 e. The molecule has 56 heavy (non-hydrogen) atoms. The molecule has 0 saturated carbocycles. The van der Waals surface area contributed by atoms with Gasteiger partial charge < -0.3 is 9.13 Å². The normalized spacial score (nSPS) is 14.4. The van der Waals surface area contributed by atoms with Crippen LogP contribution < -0.4 is 0 Å². The molecule has 10 aromatic rings. The minimum atomic E-state index is -0.0310. The van der Waals surface area contributed by atoms with Crippen molar-refractivity contribution in [1.82, 2.24) is 24.1 Å². The summed E-state index contributed by atoms with van der Waals surface area (Å²) in [7, 11) is 0. The first kappa shape index (κ1) is 32.1. The zero-order chi connectivity index (χ0) is 37.0. The van der Waals surface area contributed by atoms with Crippen molar-refractivity contribution in [3.63, 3.8) is 0 Å². The molecule has 0 fully saturated rings. The predicted molar refractivity (Wildman–Crippen MR) is 231 cm³/mol. The molecule has 5 heteroatoms. The van der Waals surface area contributed by atoms with E-state index in [1.54, 1.807) is 0 Å². The Balaban J connectivity index is 1.16. The van der Waals surface area contributed by atoms with Gasteiger partial charge in [0.05, 0.1) is 17.1 Å². The van der Waals surface area contributed by atoms with E-state index in [0.29, 0.717) is 23.9 Å². The van der Waals surface area contributed by atoms with Gasteiger partial charge in [0, 0.05) is 61.4 Å². The maximum absolute atomic E-state index is 5.33. The Kier molecular flexibility index (Phi) is 7.56. The third-order valence-electron chi connectivity index (χ3n) is 11.1. The number of hydrogen-bond acceptors (Lipinski definition) is 3. The molecule has 1 atom stereocenters. The molecule has 0 radical (unpaired) electrons. The van der Waals surface area contributed by atoms with Crippen LogP contribution in [0, 0.1) is 0 Å². The van der Waals surface area contributed by atoms with Gasteiger partial charge in [-0.15, -0.1) is 0 Å². The number of aromatic nitrogens is 5. The quantitative estimate of drug-likeness (QED) is 0.172. The second-order valence-electron chi connectivity index (χ2n) is 14.4. The Bertz CT molecular complexity index is 3060. The number of nitrogens with zero attached hydrogens (tertiary/aromatic N) is 5. The molecule has 0 spiro atoms. The molecule has 3 aromatic heterocycles. The average molecular weight is 718 g/mol. The van der Waals surface area contributed by atoms with Gasteiger partial charge in [0.1, 0.15) is 0 Å². The topological polar surface area (TPSA) is 48.5 Å². The second kappa shape index (κ2) is 13.2. The molecule has 264 valence electrons. The molecule has 0 bridgehead atoms. The Hall–Kier alpha value is -7.37. The van der Waals surface area contributed by atoms with E-state index in [0.717, 1.165) is 44.6 Å². The molecule has 0 saturated heterocycles. The average Bonchev–Trinajstić information content (AvgIpc) is 3.80. The van der Waals surface area contributed by atoms with E-state index < -0.39 is 0 Å². The van der Waals surface area contributed by atoms with Crippen molar-refractivity contribution in [2.75, 3.05) is 0 Å². The maximum Gasteiger partial charge on any atom is 0.164 e. The van der Waals surface area contributed by atoms with Gasteiger partial charge in [-0.3, -0.25) is 0 Å². The fraction of sp³-hybridized carbons (Fsp3) is 0.0392. The molecule has 5 nitrogen and oxygen atoms in total. The molecule has 0 N–H and O–H groups in total. The highest BCUT2D eigenvalue weighted by molar-refractivity contribution is 6.11. The van der Waals surface area contributed by atoms with Crippen molar-refractivity contribution < 1.29 is 0 Å². The molecule has 1 aliphatic rings. The number of para-hydroxylation sites is 4. The van der Waals surface area contributed by atoms with Gasteiger partial charge >= 0.3 is 0 Å². The Morgan fingerprint density at radius 2 is 0.839 bits per heavy atom. The van der Waals surface area contributed by atoms with Crippen LogP contribution in [0.5, 0.6) is 0 Å². The van der Waals surface area contributed by atoms with Crippen LogP contribution in [0.4, 0.5) is 0 Å². The summed E-state index contributed by atoms with van der Waals surface area (Å²) in [4.78, 5) is 15.7. The summed E-state index contributed by atoms with van der Waals surface area (Å²) >= 11 is 0. The van der Waals surface area contributed by atoms with Crippen molar-refractivity contribution in [3.8, 4) is 33.9 Å². The van der Waals surface area contributed by atoms with E-state index >= 15 is 0 Å². The fourth-order valence-electron chi connectivity index (χ4n) is 8.57. The molecule has 7 aromatic carbocycles. The van der Waals surface area contributed by atoms with Gasteiger partial charge in [-0.05, 0) is 53.6 Å². The minimum Gasteiger partial charge on any atom is -0.333 e. The lowest BCUT2D eigenvalue weighted by Crippen LogP contribution is -2.14. The third kappa shape index (κ3) is 5.36. The summed E-state index contributed by atoms with van der Waals surface area (Å²) in [6, 6.07) is 64.1. The van der Waals surface area contributed by atoms with E-state index in [4.69, 9.17) is 15.0 Å². The van der Waals surface area contributed by atoms with Gasteiger partial charge in [-0.25, -0.2) is 15.0 Å². The number of rotatable bonds is 6. The predicted octanol–water partition coefficient (Wildman–Crippen LogP) is 12.7. The van der Waals surface area contributed by atoms with Gasteiger partial charge in [-0.2, -0.15) is 0 Å². The number of fused-ring (bicyclic) bond motifs is 6. The summed E-state index contributed by atoms with van der Waals surface area (Å²) in [5.74, 6) is 1.98. The van der Waals surface area contributed by atoms with Crippen molar-refractivity contribution in [3.05, 3.63) is 200 Å². The molecule has 0 amide bonds. The molecule has 0 aliphatic heterocycles. The summed E-state index contributed by atoms with van der Waals surface area (Å²) < 4.78 is 4.92. The number of hydrogen-bond donors (Lipinski definition) is 0. The van der Waals surface area contributed by atoms with Gasteiger partial charge in [0.25, 0.3) is 0 Å². The highest BCUT2D eigenvalue weighted by atomic mass is 15.1. The number of benzene rings is 7. The molecular weight excluding hydrogens is 683 g/mol. The van der Waals surface area contributed by atoms with Crippen molar-refractivity contribution in [2.24, 2.45) is 0 Å². The summed E-state index contributed by atoms with van der Waals surface area (Å²) in [6.07, 6.45) is 5.44. The number of allylic oxidation sites excluding steroid dienone is 4. The fourth-order valence-corrected chi connectivity index (χ4v) is 8.57. The lowest BCUT2D eigenvalue weighted by Gasteiger charge is -2.26. The van der Waals surface area contributed by atoms with Crippen LogP contribution in [0.3, 0.4) is 0 Å². The SMILES string of the molecule is C1=C(c2nc(-c3ccccc3)nc(-c3cccc(-c4ccccc4)c3)n2)CC(n2c3ccccc3c3ccccc32)C=C1n1c2ccccc2c2ccccc21. The monoisotopic (exact) mass is 717 g/mol. The summed E-state index contributed by atoms with van der Waals surface area (Å²) in [6.45, 7) is 0. The summed E-state index contributed by atoms with van der Waals surface area (Å²) in [5, 5.41) is 4.95. The Morgan fingerprint density at radius 1 is 0.393 bits per heavy atom. The first-order valence-electron chi connectivity index (χ1n) is 19.1. The maximum atomic E-state index is 5.33. The Morgan fingerprint density at radius 3 is 1.45 bits per heavy atom. The van der Waals surface area contributed by atoms with E-state index in [9.17, 15) is 0 Å². The van der Waals surface area contributed by atoms with Gasteiger partial charge in [0.2, 0.25) is 0 Å². The Labute approximate surface area is 324 Å². The van der Waals surface area contributed by atoms with Crippen LogP contribution in [0.2, 0.25) is 0 Å². The molecule has 11 rings (SSSR count). The third-order valence-corrected chi connectivity index (χ3v) is 11.1. The van der Waals surface area contributed by atoms with E-state index in [1.807, 2.05) is 24.3 Å².